The number of rotatable bonds is 4. The van der Waals surface area contributed by atoms with Crippen molar-refractivity contribution < 1.29 is 19.1 Å². The fourth-order valence-corrected chi connectivity index (χ4v) is 3.20. The second-order valence-corrected chi connectivity index (χ2v) is 5.85. The van der Waals surface area contributed by atoms with Crippen LogP contribution in [0.5, 0.6) is 5.75 Å². The predicted molar refractivity (Wildman–Crippen MR) is 79.4 cm³/mol. The lowest BCUT2D eigenvalue weighted by molar-refractivity contribution is -0.150. The van der Waals surface area contributed by atoms with Crippen molar-refractivity contribution in [2.45, 2.75) is 39.0 Å². The molecule has 1 fully saturated rings. The molecule has 2 rings (SSSR count). The quantitative estimate of drug-likeness (QED) is 0.800. The smallest absolute Gasteiger partial charge is 0.310 e. The molecule has 0 N–H and O–H groups in total. The highest BCUT2D eigenvalue weighted by Gasteiger charge is 2.50. The minimum Gasteiger partial charge on any atom is -0.496 e. The highest BCUT2D eigenvalue weighted by molar-refractivity contribution is 5.91. The van der Waals surface area contributed by atoms with Crippen molar-refractivity contribution in [1.82, 2.24) is 0 Å². The Bertz CT molecular complexity index is 564. The van der Waals surface area contributed by atoms with Crippen LogP contribution in [0, 0.1) is 12.8 Å². The maximum absolute atomic E-state index is 12.2. The largest absolute Gasteiger partial charge is 0.496 e. The molecular formula is C17H22O4. The molecule has 1 aromatic carbocycles. The lowest BCUT2D eigenvalue weighted by Crippen LogP contribution is -2.34. The van der Waals surface area contributed by atoms with Gasteiger partial charge in [0.15, 0.2) is 0 Å². The zero-order valence-electron chi connectivity index (χ0n) is 13.1. The van der Waals surface area contributed by atoms with Crippen LogP contribution in [0.3, 0.4) is 0 Å². The number of ketones is 1. The van der Waals surface area contributed by atoms with Gasteiger partial charge >= 0.3 is 5.97 Å². The summed E-state index contributed by atoms with van der Waals surface area (Å²) in [5.74, 6) is 0.0706. The SMILES string of the molecule is CCOC(=O)[C@H]1CC(=O)C[C@]1(C)c1cc(C)ccc1OC. The number of benzene rings is 1. The van der Waals surface area contributed by atoms with Gasteiger partial charge in [0, 0.05) is 23.8 Å². The van der Waals surface area contributed by atoms with Gasteiger partial charge in [0.25, 0.3) is 0 Å². The third kappa shape index (κ3) is 2.80. The molecule has 0 bridgehead atoms. The van der Waals surface area contributed by atoms with Crippen molar-refractivity contribution in [2.24, 2.45) is 5.92 Å². The molecule has 1 aliphatic carbocycles. The van der Waals surface area contributed by atoms with Crippen molar-refractivity contribution in [2.75, 3.05) is 13.7 Å². The monoisotopic (exact) mass is 290 g/mol. The average molecular weight is 290 g/mol. The van der Waals surface area contributed by atoms with Crippen LogP contribution in [0.2, 0.25) is 0 Å². The van der Waals surface area contributed by atoms with Crippen LogP contribution in [0.25, 0.3) is 0 Å². The maximum atomic E-state index is 12.2. The summed E-state index contributed by atoms with van der Waals surface area (Å²) < 4.78 is 10.6. The lowest BCUT2D eigenvalue weighted by Gasteiger charge is -2.31. The van der Waals surface area contributed by atoms with Gasteiger partial charge in [0.2, 0.25) is 0 Å². The van der Waals surface area contributed by atoms with Crippen LogP contribution >= 0.6 is 0 Å². The number of methoxy groups -OCH3 is 1. The molecule has 1 aromatic rings. The summed E-state index contributed by atoms with van der Waals surface area (Å²) in [5, 5.41) is 0. The van der Waals surface area contributed by atoms with Gasteiger partial charge in [-0.15, -0.1) is 0 Å². The van der Waals surface area contributed by atoms with Crippen LogP contribution < -0.4 is 4.74 Å². The normalized spacial score (nSPS) is 25.0. The third-order valence-electron chi connectivity index (χ3n) is 4.31. The summed E-state index contributed by atoms with van der Waals surface area (Å²) in [6.45, 7) is 6.04. The number of Topliss-reactive ketones (excluding diaryl/α,β-unsaturated/α-hetero) is 1. The van der Waals surface area contributed by atoms with E-state index >= 15 is 0 Å². The van der Waals surface area contributed by atoms with Gasteiger partial charge < -0.3 is 9.47 Å². The third-order valence-corrected chi connectivity index (χ3v) is 4.31. The molecule has 21 heavy (non-hydrogen) atoms. The van der Waals surface area contributed by atoms with Gasteiger partial charge in [0.05, 0.1) is 19.6 Å². The van der Waals surface area contributed by atoms with E-state index in [0.717, 1.165) is 11.1 Å². The van der Waals surface area contributed by atoms with E-state index < -0.39 is 11.3 Å². The Kier molecular flexibility index (Phi) is 4.35. The van der Waals surface area contributed by atoms with E-state index in [-0.39, 0.29) is 18.2 Å². The number of carbonyl (C=O) groups is 2. The lowest BCUT2D eigenvalue weighted by atomic mass is 9.73. The minimum absolute atomic E-state index is 0.0964. The second-order valence-electron chi connectivity index (χ2n) is 5.85. The van der Waals surface area contributed by atoms with Gasteiger partial charge in [0.1, 0.15) is 11.5 Å². The summed E-state index contributed by atoms with van der Waals surface area (Å²) in [6.07, 6.45) is 0.586. The van der Waals surface area contributed by atoms with E-state index in [1.54, 1.807) is 14.0 Å². The molecule has 1 aliphatic rings. The molecule has 1 saturated carbocycles. The van der Waals surface area contributed by atoms with Gasteiger partial charge in [-0.2, -0.15) is 0 Å². The van der Waals surface area contributed by atoms with Crippen LogP contribution in [0.4, 0.5) is 0 Å². The zero-order valence-corrected chi connectivity index (χ0v) is 13.1. The molecule has 4 heteroatoms. The average Bonchev–Trinajstić information content (AvgIpc) is 2.75. The van der Waals surface area contributed by atoms with Crippen molar-refractivity contribution in [3.63, 3.8) is 0 Å². The summed E-state index contributed by atoms with van der Waals surface area (Å²) in [5.41, 5.74) is 1.42. The Morgan fingerprint density at radius 3 is 2.76 bits per heavy atom. The highest BCUT2D eigenvalue weighted by Crippen LogP contribution is 2.47. The molecule has 114 valence electrons. The first-order valence-corrected chi connectivity index (χ1v) is 7.25. The van der Waals surface area contributed by atoms with Crippen molar-refractivity contribution in [3.05, 3.63) is 29.3 Å². The van der Waals surface area contributed by atoms with E-state index in [2.05, 4.69) is 0 Å². The molecule has 4 nitrogen and oxygen atoms in total. The Labute approximate surface area is 125 Å². The zero-order chi connectivity index (χ0) is 15.6. The number of aryl methyl sites for hydroxylation is 1. The minimum atomic E-state index is -0.569. The van der Waals surface area contributed by atoms with Crippen LogP contribution in [0.15, 0.2) is 18.2 Å². The topological polar surface area (TPSA) is 52.6 Å². The fourth-order valence-electron chi connectivity index (χ4n) is 3.20. The molecule has 0 aromatic heterocycles. The molecule has 0 radical (unpaired) electrons. The van der Waals surface area contributed by atoms with Gasteiger partial charge in [-0.3, -0.25) is 9.59 Å². The van der Waals surface area contributed by atoms with Crippen molar-refractivity contribution in [1.29, 1.82) is 0 Å². The van der Waals surface area contributed by atoms with Crippen molar-refractivity contribution >= 4 is 11.8 Å². The van der Waals surface area contributed by atoms with E-state index in [9.17, 15) is 9.59 Å². The van der Waals surface area contributed by atoms with E-state index in [4.69, 9.17) is 9.47 Å². The fraction of sp³-hybridized carbons (Fsp3) is 0.529. The molecule has 0 saturated heterocycles. The Morgan fingerprint density at radius 1 is 1.43 bits per heavy atom. The van der Waals surface area contributed by atoms with Crippen LogP contribution in [-0.2, 0) is 19.7 Å². The Hall–Kier alpha value is -1.84. The summed E-state index contributed by atoms with van der Waals surface area (Å²) in [6, 6.07) is 5.85. The molecule has 0 unspecified atom stereocenters. The summed E-state index contributed by atoms with van der Waals surface area (Å²) in [7, 11) is 1.60. The first-order chi connectivity index (χ1) is 9.92. The number of hydrogen-bond acceptors (Lipinski definition) is 4. The van der Waals surface area contributed by atoms with Crippen molar-refractivity contribution in [3.8, 4) is 5.75 Å². The number of hydrogen-bond donors (Lipinski definition) is 0. The van der Waals surface area contributed by atoms with E-state index in [1.807, 2.05) is 32.0 Å². The van der Waals surface area contributed by atoms with Gasteiger partial charge in [-0.1, -0.05) is 24.6 Å². The van der Waals surface area contributed by atoms with Crippen LogP contribution in [-0.4, -0.2) is 25.5 Å². The summed E-state index contributed by atoms with van der Waals surface area (Å²) >= 11 is 0. The first kappa shape index (κ1) is 15.5. The molecule has 0 aliphatic heterocycles. The standard InChI is InChI=1S/C17H22O4/c1-5-21-16(19)14-9-12(18)10-17(14,3)13-8-11(2)6-7-15(13)20-4/h6-8,14H,5,9-10H2,1-4H3/t14-,17-/m1/s1. The van der Waals surface area contributed by atoms with E-state index in [1.165, 1.54) is 0 Å². The number of ether oxygens (including phenoxy) is 2. The highest BCUT2D eigenvalue weighted by atomic mass is 16.5. The molecular weight excluding hydrogens is 268 g/mol. The molecule has 2 atom stereocenters. The van der Waals surface area contributed by atoms with Gasteiger partial charge in [-0.05, 0) is 19.9 Å². The molecule has 0 amide bonds. The maximum Gasteiger partial charge on any atom is 0.310 e. The molecule has 0 spiro atoms. The number of carbonyl (C=O) groups excluding carboxylic acids is 2. The number of esters is 1. The van der Waals surface area contributed by atoms with E-state index in [0.29, 0.717) is 18.8 Å². The second kappa shape index (κ2) is 5.88. The summed E-state index contributed by atoms with van der Waals surface area (Å²) in [4.78, 5) is 24.2. The Balaban J connectivity index is 2.49. The Morgan fingerprint density at radius 2 is 2.14 bits per heavy atom. The molecule has 0 heterocycles. The predicted octanol–water partition coefficient (Wildman–Crippen LogP) is 2.80. The van der Waals surface area contributed by atoms with Gasteiger partial charge in [-0.25, -0.2) is 0 Å². The first-order valence-electron chi connectivity index (χ1n) is 7.25. The van der Waals surface area contributed by atoms with Crippen LogP contribution in [0.1, 0.15) is 37.8 Å².